The van der Waals surface area contributed by atoms with Gasteiger partial charge < -0.3 is 9.64 Å². The summed E-state index contributed by atoms with van der Waals surface area (Å²) in [5.41, 5.74) is 2.42. The number of hydrogen-bond donors (Lipinski definition) is 0. The Morgan fingerprint density at radius 2 is 1.70 bits per heavy atom. The maximum absolute atomic E-state index is 12.6. The number of piperidine rings is 1. The maximum atomic E-state index is 12.6. The van der Waals surface area contributed by atoms with Gasteiger partial charge in [0.25, 0.3) is 11.8 Å². The Hall–Kier alpha value is -2.63. The number of ether oxygens (including phenoxy) is 1. The van der Waals surface area contributed by atoms with Gasteiger partial charge >= 0.3 is 6.09 Å². The van der Waals surface area contributed by atoms with E-state index in [1.54, 1.807) is 29.2 Å². The number of likely N-dealkylation sites (tertiary alicyclic amines) is 1. The van der Waals surface area contributed by atoms with Crippen molar-refractivity contribution in [3.05, 3.63) is 46.5 Å². The molecule has 0 bridgehead atoms. The molecule has 0 unspecified atom stereocenters. The van der Waals surface area contributed by atoms with Gasteiger partial charge in [0.2, 0.25) is 0 Å². The molecule has 3 rings (SSSR count). The summed E-state index contributed by atoms with van der Waals surface area (Å²) < 4.78 is 5.46. The second-order valence-electron chi connectivity index (χ2n) is 8.13. The van der Waals surface area contributed by atoms with E-state index in [-0.39, 0.29) is 24.5 Å². The third kappa shape index (κ3) is 4.04. The van der Waals surface area contributed by atoms with Gasteiger partial charge in [-0.3, -0.25) is 14.5 Å². The number of amides is 3. The highest BCUT2D eigenvalue weighted by molar-refractivity contribution is 6.21. The summed E-state index contributed by atoms with van der Waals surface area (Å²) in [4.78, 5) is 40.4. The third-order valence-corrected chi connectivity index (χ3v) is 4.82. The molecule has 6 nitrogen and oxygen atoms in total. The van der Waals surface area contributed by atoms with Crippen molar-refractivity contribution in [3.63, 3.8) is 0 Å². The molecule has 0 spiro atoms. The van der Waals surface area contributed by atoms with E-state index in [2.05, 4.69) is 0 Å². The normalized spacial score (nSPS) is 19.3. The van der Waals surface area contributed by atoms with Crippen molar-refractivity contribution >= 4 is 17.9 Å². The molecule has 1 fully saturated rings. The molecule has 1 aromatic rings. The minimum atomic E-state index is -0.534. The van der Waals surface area contributed by atoms with E-state index < -0.39 is 5.60 Å². The van der Waals surface area contributed by atoms with Crippen molar-refractivity contribution in [1.82, 2.24) is 9.80 Å². The van der Waals surface area contributed by atoms with Crippen LogP contribution in [0.1, 0.15) is 61.3 Å². The van der Waals surface area contributed by atoms with Crippen LogP contribution in [0.2, 0.25) is 0 Å². The first kappa shape index (κ1) is 19.1. The second kappa shape index (κ2) is 7.18. The first-order chi connectivity index (χ1) is 12.7. The first-order valence-corrected chi connectivity index (χ1v) is 9.28. The minimum absolute atomic E-state index is 0.254. The van der Waals surface area contributed by atoms with Crippen LogP contribution >= 0.6 is 0 Å². The van der Waals surface area contributed by atoms with Crippen LogP contribution in [0.5, 0.6) is 0 Å². The quantitative estimate of drug-likeness (QED) is 0.589. The Kier molecular flexibility index (Phi) is 5.09. The number of carbonyl (C=O) groups excluding carboxylic acids is 3. The molecule has 1 saturated heterocycles. The summed E-state index contributed by atoms with van der Waals surface area (Å²) in [6.45, 7) is 8.85. The maximum Gasteiger partial charge on any atom is 0.410 e. The number of hydrogen-bond acceptors (Lipinski definition) is 4. The molecule has 0 saturated carbocycles. The Bertz CT molecular complexity index is 785. The van der Waals surface area contributed by atoms with Crippen LogP contribution in [0.25, 0.3) is 0 Å². The number of nitrogens with zero attached hydrogens (tertiary/aromatic N) is 2. The third-order valence-electron chi connectivity index (χ3n) is 4.82. The zero-order valence-electron chi connectivity index (χ0n) is 16.4. The number of fused-ring (bicyclic) bond motifs is 1. The largest absolute Gasteiger partial charge is 0.444 e. The lowest BCUT2D eigenvalue weighted by Crippen LogP contribution is -2.41. The van der Waals surface area contributed by atoms with Crippen LogP contribution in [0.15, 0.2) is 35.4 Å². The van der Waals surface area contributed by atoms with Crippen LogP contribution in [-0.4, -0.2) is 52.9 Å². The smallest absolute Gasteiger partial charge is 0.410 e. The van der Waals surface area contributed by atoms with Gasteiger partial charge in [-0.15, -0.1) is 0 Å². The predicted molar refractivity (Wildman–Crippen MR) is 102 cm³/mol. The molecular formula is C21H26N2O4. The van der Waals surface area contributed by atoms with E-state index in [4.69, 9.17) is 4.74 Å². The van der Waals surface area contributed by atoms with Crippen LogP contribution in [-0.2, 0) is 4.74 Å². The molecule has 0 N–H and O–H groups in total. The van der Waals surface area contributed by atoms with Crippen LogP contribution < -0.4 is 0 Å². The van der Waals surface area contributed by atoms with Crippen molar-refractivity contribution in [3.8, 4) is 0 Å². The molecule has 2 heterocycles. The van der Waals surface area contributed by atoms with Gasteiger partial charge in [0.15, 0.2) is 0 Å². The monoisotopic (exact) mass is 370 g/mol. The molecule has 3 amide bonds. The Balaban J connectivity index is 1.72. The molecule has 2 aliphatic rings. The number of rotatable bonds is 2. The highest BCUT2D eigenvalue weighted by Crippen LogP contribution is 2.26. The van der Waals surface area contributed by atoms with Crippen molar-refractivity contribution in [2.24, 2.45) is 0 Å². The van der Waals surface area contributed by atoms with Crippen LogP contribution in [0.3, 0.4) is 0 Å². The van der Waals surface area contributed by atoms with Gasteiger partial charge in [-0.2, -0.15) is 0 Å². The molecule has 0 atom stereocenters. The highest BCUT2D eigenvalue weighted by Gasteiger charge is 2.35. The van der Waals surface area contributed by atoms with Crippen LogP contribution in [0.4, 0.5) is 4.79 Å². The number of benzene rings is 1. The van der Waals surface area contributed by atoms with Crippen molar-refractivity contribution in [2.75, 3.05) is 19.6 Å². The Morgan fingerprint density at radius 1 is 1.11 bits per heavy atom. The van der Waals surface area contributed by atoms with E-state index in [1.165, 1.54) is 4.90 Å². The summed E-state index contributed by atoms with van der Waals surface area (Å²) in [5, 5.41) is 0. The number of imide groups is 1. The van der Waals surface area contributed by atoms with Gasteiger partial charge in [-0.25, -0.2) is 4.79 Å². The predicted octanol–water partition coefficient (Wildman–Crippen LogP) is 3.63. The van der Waals surface area contributed by atoms with Crippen molar-refractivity contribution in [1.29, 1.82) is 0 Å². The SMILES string of the molecule is CC(CN1C(=O)c2ccccc2C1=O)=C1CCCN(C(=O)OC(C)(C)C)C1. The Morgan fingerprint density at radius 3 is 2.26 bits per heavy atom. The summed E-state index contributed by atoms with van der Waals surface area (Å²) in [6.07, 6.45) is 1.37. The molecule has 2 aliphatic heterocycles. The lowest BCUT2D eigenvalue weighted by atomic mass is 9.99. The zero-order chi connectivity index (χ0) is 19.8. The average molecular weight is 370 g/mol. The summed E-state index contributed by atoms with van der Waals surface area (Å²) in [5.74, 6) is -0.509. The van der Waals surface area contributed by atoms with E-state index in [0.717, 1.165) is 24.0 Å². The van der Waals surface area contributed by atoms with Crippen LogP contribution in [0, 0.1) is 0 Å². The standard InChI is InChI=1S/C21H26N2O4/c1-14(12-23-18(24)16-9-5-6-10-17(16)19(23)25)15-8-7-11-22(13-15)20(26)27-21(2,3)4/h5-6,9-10H,7-8,11-13H2,1-4H3. The molecule has 0 aromatic heterocycles. The van der Waals surface area contributed by atoms with Crippen molar-refractivity contribution in [2.45, 2.75) is 46.1 Å². The first-order valence-electron chi connectivity index (χ1n) is 9.28. The summed E-state index contributed by atoms with van der Waals surface area (Å²) >= 11 is 0. The minimum Gasteiger partial charge on any atom is -0.444 e. The molecule has 0 aliphatic carbocycles. The van der Waals surface area contributed by atoms with Gasteiger partial charge in [0, 0.05) is 13.1 Å². The molecule has 0 radical (unpaired) electrons. The fourth-order valence-corrected chi connectivity index (χ4v) is 3.43. The zero-order valence-corrected chi connectivity index (χ0v) is 16.4. The summed E-state index contributed by atoms with van der Waals surface area (Å²) in [7, 11) is 0. The molecule has 27 heavy (non-hydrogen) atoms. The Labute approximate surface area is 159 Å². The summed E-state index contributed by atoms with van der Waals surface area (Å²) in [6, 6.07) is 6.89. The molecular weight excluding hydrogens is 344 g/mol. The van der Waals surface area contributed by atoms with Gasteiger partial charge in [0.05, 0.1) is 17.7 Å². The number of carbonyl (C=O) groups is 3. The molecule has 1 aromatic carbocycles. The van der Waals surface area contributed by atoms with E-state index >= 15 is 0 Å². The van der Waals surface area contributed by atoms with Gasteiger partial charge in [-0.05, 0) is 58.2 Å². The van der Waals surface area contributed by atoms with Crippen molar-refractivity contribution < 1.29 is 19.1 Å². The fraction of sp³-hybridized carbons (Fsp3) is 0.476. The van der Waals surface area contributed by atoms with E-state index in [0.29, 0.717) is 24.2 Å². The van der Waals surface area contributed by atoms with E-state index in [9.17, 15) is 14.4 Å². The lowest BCUT2D eigenvalue weighted by Gasteiger charge is -2.32. The van der Waals surface area contributed by atoms with Gasteiger partial charge in [0.1, 0.15) is 5.60 Å². The fourth-order valence-electron chi connectivity index (χ4n) is 3.43. The topological polar surface area (TPSA) is 66.9 Å². The second-order valence-corrected chi connectivity index (χ2v) is 8.13. The molecule has 6 heteroatoms. The lowest BCUT2D eigenvalue weighted by molar-refractivity contribution is 0.0245. The van der Waals surface area contributed by atoms with E-state index in [1.807, 2.05) is 27.7 Å². The van der Waals surface area contributed by atoms with Gasteiger partial charge in [-0.1, -0.05) is 17.7 Å². The molecule has 144 valence electrons. The average Bonchev–Trinajstić information content (AvgIpc) is 2.86. The highest BCUT2D eigenvalue weighted by atomic mass is 16.6.